The van der Waals surface area contributed by atoms with Crippen LogP contribution in [-0.4, -0.2) is 91.0 Å². The van der Waals surface area contributed by atoms with E-state index in [0.29, 0.717) is 30.1 Å². The summed E-state index contributed by atoms with van der Waals surface area (Å²) >= 11 is 0. The molecule has 1 aromatic rings. The monoisotopic (exact) mass is 618 g/mol. The largest absolute Gasteiger partial charge is 0.491 e. The Morgan fingerprint density at radius 1 is 0.907 bits per heavy atom. The van der Waals surface area contributed by atoms with Crippen molar-refractivity contribution in [2.24, 2.45) is 0 Å². The predicted molar refractivity (Wildman–Crippen MR) is 168 cm³/mol. The number of amides is 2. The van der Waals surface area contributed by atoms with E-state index in [4.69, 9.17) is 18.6 Å². The summed E-state index contributed by atoms with van der Waals surface area (Å²) < 4.78 is 23.5. The molecule has 2 amide bonds. The van der Waals surface area contributed by atoms with Crippen LogP contribution in [0.25, 0.3) is 5.57 Å². The molecule has 1 N–H and O–H groups in total. The standard InChI is InChI=1S/C32H50N2O8Si/c1-30(2,3)41-28(37)33-19-22-18-24(26(27(35)36)25(20-33)34(22)29(38)42-31(4,5)6)21-13-12-14-23(17-21)39-15-16-40-43(10,11)32(7,8)9/h12-14,17,22,25H,15-16,18-20H2,1-11H3,(H,35,36). The van der Waals surface area contributed by atoms with Gasteiger partial charge in [-0.15, -0.1) is 0 Å². The maximum absolute atomic E-state index is 13.4. The predicted octanol–water partition coefficient (Wildman–Crippen LogP) is 6.55. The molecular weight excluding hydrogens is 568 g/mol. The molecule has 2 aliphatic rings. The third-order valence-corrected chi connectivity index (χ3v) is 12.5. The fourth-order valence-electron chi connectivity index (χ4n) is 4.97. The summed E-state index contributed by atoms with van der Waals surface area (Å²) in [5, 5.41) is 10.6. The molecule has 10 nitrogen and oxygen atoms in total. The number of carbonyl (C=O) groups is 3. The molecule has 43 heavy (non-hydrogen) atoms. The van der Waals surface area contributed by atoms with Gasteiger partial charge in [-0.25, -0.2) is 14.4 Å². The fourth-order valence-corrected chi connectivity index (χ4v) is 5.99. The summed E-state index contributed by atoms with van der Waals surface area (Å²) in [6, 6.07) is 5.90. The van der Waals surface area contributed by atoms with E-state index in [1.165, 1.54) is 9.80 Å². The lowest BCUT2D eigenvalue weighted by Gasteiger charge is -2.50. The van der Waals surface area contributed by atoms with Crippen LogP contribution in [0.3, 0.4) is 0 Å². The average molecular weight is 619 g/mol. The number of hydrogen-bond donors (Lipinski definition) is 1. The molecule has 240 valence electrons. The summed E-state index contributed by atoms with van der Waals surface area (Å²) in [6.07, 6.45) is -0.938. The molecular formula is C32H50N2O8Si. The molecule has 2 unspecified atom stereocenters. The van der Waals surface area contributed by atoms with Crippen LogP contribution in [0.15, 0.2) is 29.8 Å². The maximum atomic E-state index is 13.4. The van der Waals surface area contributed by atoms with Gasteiger partial charge >= 0.3 is 18.2 Å². The highest BCUT2D eigenvalue weighted by Crippen LogP contribution is 2.40. The van der Waals surface area contributed by atoms with E-state index in [1.54, 1.807) is 41.5 Å². The minimum Gasteiger partial charge on any atom is -0.491 e. The van der Waals surface area contributed by atoms with Crippen molar-refractivity contribution in [3.8, 4) is 5.75 Å². The highest BCUT2D eigenvalue weighted by Gasteiger charge is 2.49. The van der Waals surface area contributed by atoms with Gasteiger partial charge < -0.3 is 28.6 Å². The second-order valence-corrected chi connectivity index (χ2v) is 19.6. The second-order valence-electron chi connectivity index (χ2n) is 14.8. The van der Waals surface area contributed by atoms with E-state index in [2.05, 4.69) is 33.9 Å². The number of piperazine rings is 1. The van der Waals surface area contributed by atoms with Crippen molar-refractivity contribution in [2.45, 2.75) is 110 Å². The zero-order valence-electron chi connectivity index (χ0n) is 27.7. The van der Waals surface area contributed by atoms with Gasteiger partial charge in [-0.3, -0.25) is 4.90 Å². The Labute approximate surface area is 257 Å². The van der Waals surface area contributed by atoms with Crippen LogP contribution in [-0.2, 0) is 18.7 Å². The molecule has 0 aromatic heterocycles. The Balaban J connectivity index is 1.93. The minimum absolute atomic E-state index is 0.0310. The van der Waals surface area contributed by atoms with Crippen LogP contribution in [0.4, 0.5) is 9.59 Å². The van der Waals surface area contributed by atoms with Gasteiger partial charge in [-0.2, -0.15) is 0 Å². The molecule has 11 heteroatoms. The molecule has 0 radical (unpaired) electrons. The van der Waals surface area contributed by atoms with Gasteiger partial charge in [0.1, 0.15) is 23.6 Å². The number of carboxylic acids is 1. The number of rotatable bonds is 7. The first-order chi connectivity index (χ1) is 19.6. The number of aliphatic carboxylic acids is 1. The Morgan fingerprint density at radius 2 is 1.51 bits per heavy atom. The van der Waals surface area contributed by atoms with Gasteiger partial charge in [0.25, 0.3) is 0 Å². The van der Waals surface area contributed by atoms with Crippen LogP contribution < -0.4 is 4.74 Å². The summed E-state index contributed by atoms with van der Waals surface area (Å²) in [7, 11) is -1.91. The zero-order chi connectivity index (χ0) is 32.5. The van der Waals surface area contributed by atoms with Crippen molar-refractivity contribution in [1.29, 1.82) is 0 Å². The van der Waals surface area contributed by atoms with E-state index < -0.39 is 49.8 Å². The Hall–Kier alpha value is -3.05. The Kier molecular flexibility index (Phi) is 10.0. The first kappa shape index (κ1) is 34.4. The van der Waals surface area contributed by atoms with Crippen LogP contribution in [0.5, 0.6) is 5.75 Å². The average Bonchev–Trinajstić information content (AvgIpc) is 2.82. The number of benzene rings is 1. The Bertz CT molecular complexity index is 1240. The lowest BCUT2D eigenvalue weighted by atomic mass is 9.82. The van der Waals surface area contributed by atoms with Gasteiger partial charge in [-0.05, 0) is 89.4 Å². The van der Waals surface area contributed by atoms with E-state index in [-0.39, 0.29) is 30.1 Å². The van der Waals surface area contributed by atoms with E-state index >= 15 is 0 Å². The van der Waals surface area contributed by atoms with Crippen molar-refractivity contribution in [2.75, 3.05) is 26.3 Å². The Morgan fingerprint density at radius 3 is 2.07 bits per heavy atom. The number of carbonyl (C=O) groups excluding carboxylic acids is 2. The maximum Gasteiger partial charge on any atom is 0.411 e. The third kappa shape index (κ3) is 8.75. The highest BCUT2D eigenvalue weighted by molar-refractivity contribution is 6.74. The van der Waals surface area contributed by atoms with Crippen molar-refractivity contribution < 1.29 is 38.1 Å². The summed E-state index contributed by atoms with van der Waals surface area (Å²) in [4.78, 5) is 42.3. The van der Waals surface area contributed by atoms with Crippen molar-refractivity contribution >= 4 is 32.0 Å². The third-order valence-electron chi connectivity index (χ3n) is 7.94. The van der Waals surface area contributed by atoms with Gasteiger partial charge in [0.15, 0.2) is 8.32 Å². The molecule has 1 saturated heterocycles. The minimum atomic E-state index is -1.91. The van der Waals surface area contributed by atoms with Crippen molar-refractivity contribution in [1.82, 2.24) is 9.80 Å². The van der Waals surface area contributed by atoms with Gasteiger partial charge in [0.05, 0.1) is 24.3 Å². The molecule has 1 aromatic carbocycles. The summed E-state index contributed by atoms with van der Waals surface area (Å²) in [6.45, 7) is 22.5. The summed E-state index contributed by atoms with van der Waals surface area (Å²) in [5.74, 6) is -0.559. The lowest BCUT2D eigenvalue weighted by molar-refractivity contribution is -0.134. The topological polar surface area (TPSA) is 115 Å². The number of fused-ring (bicyclic) bond motifs is 2. The molecule has 2 atom stereocenters. The molecule has 0 aliphatic carbocycles. The SMILES string of the molecule is CC(C)(C)OC(=O)N1CC2CC(c3cccc(OCCO[Si](C)(C)C(C)(C)C)c3)=C(C(=O)O)C(C1)N2C(=O)OC(C)(C)C. The molecule has 2 heterocycles. The number of nitrogens with zero attached hydrogens (tertiary/aromatic N) is 2. The normalized spacial score (nSPS) is 19.7. The molecule has 3 rings (SSSR count). The first-order valence-corrected chi connectivity index (χ1v) is 17.8. The second kappa shape index (κ2) is 12.5. The van der Waals surface area contributed by atoms with E-state index in [0.717, 1.165) is 0 Å². The number of ether oxygens (including phenoxy) is 3. The van der Waals surface area contributed by atoms with E-state index in [1.807, 2.05) is 24.3 Å². The van der Waals surface area contributed by atoms with Crippen LogP contribution in [0.1, 0.15) is 74.3 Å². The molecule has 1 fully saturated rings. The quantitative estimate of drug-likeness (QED) is 0.270. The zero-order valence-corrected chi connectivity index (χ0v) is 28.7. The highest BCUT2D eigenvalue weighted by atomic mass is 28.4. The van der Waals surface area contributed by atoms with Crippen LogP contribution in [0.2, 0.25) is 18.1 Å². The molecule has 2 bridgehead atoms. The number of carboxylic acid groups (broad SMARTS) is 1. The smallest absolute Gasteiger partial charge is 0.411 e. The summed E-state index contributed by atoms with van der Waals surface area (Å²) in [5.41, 5.74) is -0.141. The lowest BCUT2D eigenvalue weighted by Crippen LogP contribution is -2.65. The van der Waals surface area contributed by atoms with Gasteiger partial charge in [0, 0.05) is 13.1 Å². The molecule has 0 spiro atoms. The number of hydrogen-bond acceptors (Lipinski definition) is 7. The van der Waals surface area contributed by atoms with Crippen LogP contribution in [0, 0.1) is 0 Å². The molecule has 0 saturated carbocycles. The fraction of sp³-hybridized carbons (Fsp3) is 0.656. The van der Waals surface area contributed by atoms with Gasteiger partial charge in [-0.1, -0.05) is 32.9 Å². The molecule has 2 aliphatic heterocycles. The van der Waals surface area contributed by atoms with Crippen molar-refractivity contribution in [3.05, 3.63) is 35.4 Å². The first-order valence-electron chi connectivity index (χ1n) is 14.9. The van der Waals surface area contributed by atoms with Crippen molar-refractivity contribution in [3.63, 3.8) is 0 Å². The van der Waals surface area contributed by atoms with Crippen LogP contribution >= 0.6 is 0 Å². The van der Waals surface area contributed by atoms with Gasteiger partial charge in [0.2, 0.25) is 0 Å². The van der Waals surface area contributed by atoms with E-state index in [9.17, 15) is 19.5 Å².